The van der Waals surface area contributed by atoms with Crippen LogP contribution >= 0.6 is 0 Å². The monoisotopic (exact) mass is 341 g/mol. The Bertz CT molecular complexity index is 652. The van der Waals surface area contributed by atoms with Crippen LogP contribution in [0.25, 0.3) is 0 Å². The van der Waals surface area contributed by atoms with Crippen molar-refractivity contribution < 1.29 is 18.0 Å². The van der Waals surface area contributed by atoms with Gasteiger partial charge in [-0.2, -0.15) is 0 Å². The smallest absolute Gasteiger partial charge is 0.243 e. The first kappa shape index (κ1) is 19.0. The highest BCUT2D eigenvalue weighted by Crippen LogP contribution is 2.20. The van der Waals surface area contributed by atoms with Gasteiger partial charge >= 0.3 is 0 Å². The zero-order valence-corrected chi connectivity index (χ0v) is 14.7. The molecule has 128 valence electrons. The number of hydrogen-bond donors (Lipinski definition) is 1. The summed E-state index contributed by atoms with van der Waals surface area (Å²) in [5, 5.41) is 2.60. The van der Waals surface area contributed by atoms with Crippen LogP contribution in [0.15, 0.2) is 24.3 Å². The van der Waals surface area contributed by atoms with E-state index in [1.807, 2.05) is 13.8 Å². The van der Waals surface area contributed by atoms with Gasteiger partial charge in [0.1, 0.15) is 6.54 Å². The first-order valence-electron chi connectivity index (χ1n) is 7.32. The largest absolute Gasteiger partial charge is 0.342 e. The molecule has 0 aliphatic heterocycles. The summed E-state index contributed by atoms with van der Waals surface area (Å²) in [6.07, 6.45) is 1.06. The molecule has 0 atom stereocenters. The minimum Gasteiger partial charge on any atom is -0.342 e. The predicted molar refractivity (Wildman–Crippen MR) is 90.9 cm³/mol. The van der Waals surface area contributed by atoms with Gasteiger partial charge in [-0.15, -0.1) is 0 Å². The fourth-order valence-electron chi connectivity index (χ4n) is 2.11. The fraction of sp³-hybridized carbons (Fsp3) is 0.467. The van der Waals surface area contributed by atoms with Gasteiger partial charge in [-0.05, 0) is 38.1 Å². The molecule has 0 heterocycles. The van der Waals surface area contributed by atoms with Crippen molar-refractivity contribution >= 4 is 33.2 Å². The number of sulfonamides is 1. The summed E-state index contributed by atoms with van der Waals surface area (Å²) < 4.78 is 25.1. The number of hydrogen-bond acceptors (Lipinski definition) is 4. The summed E-state index contributed by atoms with van der Waals surface area (Å²) >= 11 is 0. The molecular weight excluding hydrogens is 318 g/mol. The highest BCUT2D eigenvalue weighted by molar-refractivity contribution is 7.92. The quantitative estimate of drug-likeness (QED) is 0.809. The molecule has 2 amide bonds. The van der Waals surface area contributed by atoms with Crippen molar-refractivity contribution in [1.29, 1.82) is 0 Å². The van der Waals surface area contributed by atoms with Gasteiger partial charge in [0.15, 0.2) is 0 Å². The maximum Gasteiger partial charge on any atom is 0.243 e. The first-order chi connectivity index (χ1) is 10.7. The van der Waals surface area contributed by atoms with Crippen LogP contribution in [0.5, 0.6) is 0 Å². The maximum absolute atomic E-state index is 12.2. The number of rotatable bonds is 7. The van der Waals surface area contributed by atoms with Crippen LogP contribution in [-0.2, 0) is 19.6 Å². The van der Waals surface area contributed by atoms with E-state index < -0.39 is 10.0 Å². The van der Waals surface area contributed by atoms with Crippen LogP contribution < -0.4 is 9.62 Å². The second-order valence-corrected chi connectivity index (χ2v) is 6.97. The Hall–Kier alpha value is -2.09. The minimum atomic E-state index is -3.60. The summed E-state index contributed by atoms with van der Waals surface area (Å²) in [5.41, 5.74) is 0.937. The number of amides is 2. The van der Waals surface area contributed by atoms with Gasteiger partial charge in [0.05, 0.1) is 11.9 Å². The van der Waals surface area contributed by atoms with Crippen LogP contribution in [0.2, 0.25) is 0 Å². The molecule has 0 bridgehead atoms. The summed E-state index contributed by atoms with van der Waals surface area (Å²) in [6.45, 7) is 5.87. The topological polar surface area (TPSA) is 86.8 Å². The number of benzene rings is 1. The third-order valence-corrected chi connectivity index (χ3v) is 4.41. The summed E-state index contributed by atoms with van der Waals surface area (Å²) in [6, 6.07) is 6.30. The van der Waals surface area contributed by atoms with Gasteiger partial charge in [-0.3, -0.25) is 13.9 Å². The van der Waals surface area contributed by atoms with Crippen molar-refractivity contribution in [2.24, 2.45) is 0 Å². The summed E-state index contributed by atoms with van der Waals surface area (Å²) in [4.78, 5) is 24.8. The standard InChI is InChI=1S/C15H23N3O4S/c1-5-17(6-2)15(20)11-18(23(4,21)22)14-9-7-13(8-10-14)16-12(3)19/h7-10H,5-6,11H2,1-4H3,(H,16,19). The molecule has 1 aromatic carbocycles. The van der Waals surface area contributed by atoms with E-state index in [-0.39, 0.29) is 18.4 Å². The van der Waals surface area contributed by atoms with Gasteiger partial charge in [-0.25, -0.2) is 8.42 Å². The number of nitrogens with one attached hydrogen (secondary N) is 1. The average Bonchev–Trinajstić information content (AvgIpc) is 2.45. The SMILES string of the molecule is CCN(CC)C(=O)CN(c1ccc(NC(C)=O)cc1)S(C)(=O)=O. The van der Waals surface area contributed by atoms with Gasteiger partial charge in [0, 0.05) is 25.7 Å². The Labute approximate surface area is 137 Å². The van der Waals surface area contributed by atoms with Crippen LogP contribution in [0.1, 0.15) is 20.8 Å². The zero-order valence-electron chi connectivity index (χ0n) is 13.9. The minimum absolute atomic E-state index is 0.213. The highest BCUT2D eigenvalue weighted by atomic mass is 32.2. The molecule has 8 heteroatoms. The number of anilines is 2. The van der Waals surface area contributed by atoms with E-state index in [9.17, 15) is 18.0 Å². The van der Waals surface area contributed by atoms with Crippen molar-refractivity contribution in [1.82, 2.24) is 4.90 Å². The third kappa shape index (κ3) is 5.55. The van der Waals surface area contributed by atoms with Crippen LogP contribution in [0.3, 0.4) is 0 Å². The molecule has 0 aliphatic carbocycles. The van der Waals surface area contributed by atoms with E-state index in [1.165, 1.54) is 6.92 Å². The molecule has 0 radical (unpaired) electrons. The number of likely N-dealkylation sites (N-methyl/N-ethyl adjacent to an activating group) is 1. The molecule has 1 rings (SSSR count). The Kier molecular flexibility index (Phi) is 6.56. The van der Waals surface area contributed by atoms with Crippen LogP contribution in [-0.4, -0.2) is 51.0 Å². The van der Waals surface area contributed by atoms with Gasteiger partial charge < -0.3 is 10.2 Å². The normalized spacial score (nSPS) is 11.0. The Morgan fingerprint density at radius 3 is 2.00 bits per heavy atom. The molecule has 0 aliphatic rings. The summed E-state index contributed by atoms with van der Waals surface area (Å²) in [7, 11) is -3.60. The van der Waals surface area contributed by atoms with Crippen molar-refractivity contribution in [3.05, 3.63) is 24.3 Å². The molecule has 0 aromatic heterocycles. The van der Waals surface area contributed by atoms with E-state index in [4.69, 9.17) is 0 Å². The maximum atomic E-state index is 12.2. The van der Waals surface area contributed by atoms with Crippen LogP contribution in [0, 0.1) is 0 Å². The Morgan fingerprint density at radius 1 is 1.09 bits per heavy atom. The molecule has 1 N–H and O–H groups in total. The molecule has 0 saturated heterocycles. The van der Waals surface area contributed by atoms with Crippen LogP contribution in [0.4, 0.5) is 11.4 Å². The number of nitrogens with zero attached hydrogens (tertiary/aromatic N) is 2. The predicted octanol–water partition coefficient (Wildman–Crippen LogP) is 1.28. The van der Waals surface area contributed by atoms with Crippen molar-refractivity contribution in [2.75, 3.05) is 35.5 Å². The molecule has 0 spiro atoms. The lowest BCUT2D eigenvalue weighted by molar-refractivity contribution is -0.129. The third-order valence-electron chi connectivity index (χ3n) is 3.27. The van der Waals surface area contributed by atoms with E-state index in [0.29, 0.717) is 24.5 Å². The summed E-state index contributed by atoms with van der Waals surface area (Å²) in [5.74, 6) is -0.471. The molecular formula is C15H23N3O4S. The van der Waals surface area contributed by atoms with Crippen molar-refractivity contribution in [2.45, 2.75) is 20.8 Å². The second-order valence-electron chi connectivity index (χ2n) is 5.06. The molecule has 1 aromatic rings. The average molecular weight is 341 g/mol. The number of carbonyl (C=O) groups is 2. The fourth-order valence-corrected chi connectivity index (χ4v) is 2.96. The molecule has 0 saturated carbocycles. The lowest BCUT2D eigenvalue weighted by Gasteiger charge is -2.26. The van der Waals surface area contributed by atoms with E-state index >= 15 is 0 Å². The molecule has 7 nitrogen and oxygen atoms in total. The van der Waals surface area contributed by atoms with E-state index in [2.05, 4.69) is 5.32 Å². The highest BCUT2D eigenvalue weighted by Gasteiger charge is 2.22. The Morgan fingerprint density at radius 2 is 1.61 bits per heavy atom. The lowest BCUT2D eigenvalue weighted by Crippen LogP contribution is -2.42. The lowest BCUT2D eigenvalue weighted by atomic mass is 10.2. The zero-order chi connectivity index (χ0) is 17.6. The van der Waals surface area contributed by atoms with Gasteiger partial charge in [0.2, 0.25) is 21.8 Å². The van der Waals surface area contributed by atoms with Crippen molar-refractivity contribution in [3.63, 3.8) is 0 Å². The second kappa shape index (κ2) is 7.96. The van der Waals surface area contributed by atoms with Gasteiger partial charge in [-0.1, -0.05) is 0 Å². The van der Waals surface area contributed by atoms with Gasteiger partial charge in [0.25, 0.3) is 0 Å². The van der Waals surface area contributed by atoms with E-state index in [0.717, 1.165) is 10.6 Å². The van der Waals surface area contributed by atoms with Crippen molar-refractivity contribution in [3.8, 4) is 0 Å². The number of carbonyl (C=O) groups excluding carboxylic acids is 2. The van der Waals surface area contributed by atoms with E-state index in [1.54, 1.807) is 29.2 Å². The molecule has 23 heavy (non-hydrogen) atoms. The first-order valence-corrected chi connectivity index (χ1v) is 9.17. The molecule has 0 unspecified atom stereocenters. The molecule has 0 fully saturated rings. The Balaban J connectivity index is 3.04.